The Balaban J connectivity index is 3.10. The molecule has 1 rings (SSSR count). The summed E-state index contributed by atoms with van der Waals surface area (Å²) in [5, 5.41) is 14.6. The highest BCUT2D eigenvalue weighted by atomic mass is 32.2. The van der Waals surface area contributed by atoms with Crippen molar-refractivity contribution in [3.63, 3.8) is 0 Å². The molecule has 0 heterocycles. The van der Waals surface area contributed by atoms with Gasteiger partial charge < -0.3 is 5.32 Å². The molecule has 4 nitrogen and oxygen atoms in total. The van der Waals surface area contributed by atoms with Crippen LogP contribution >= 0.6 is 11.8 Å². The minimum absolute atomic E-state index is 0.194. The molecule has 1 atom stereocenters. The van der Waals surface area contributed by atoms with Gasteiger partial charge in [0.2, 0.25) is 0 Å². The standard InChI is InChI=1S/C12H18N2O2S/c1-4-9(3)17-11-8-6-7-10(13-5-2)12(11)14(15)16/h6-9,13H,4-5H2,1-3H3. The fraction of sp³-hybridized carbons (Fsp3) is 0.500. The van der Waals surface area contributed by atoms with Gasteiger partial charge in [0.1, 0.15) is 5.69 Å². The van der Waals surface area contributed by atoms with Crippen molar-refractivity contribution < 1.29 is 4.92 Å². The van der Waals surface area contributed by atoms with Gasteiger partial charge in [-0.3, -0.25) is 10.1 Å². The second kappa shape index (κ2) is 6.49. The topological polar surface area (TPSA) is 55.2 Å². The lowest BCUT2D eigenvalue weighted by molar-refractivity contribution is -0.386. The molecule has 1 N–H and O–H groups in total. The molecule has 0 aromatic heterocycles. The summed E-state index contributed by atoms with van der Waals surface area (Å²) in [5.74, 6) is 0. The van der Waals surface area contributed by atoms with Crippen molar-refractivity contribution in [2.45, 2.75) is 37.3 Å². The Morgan fingerprint density at radius 3 is 2.71 bits per heavy atom. The molecule has 0 radical (unpaired) electrons. The Kier molecular flexibility index (Phi) is 5.28. The molecule has 1 aromatic rings. The molecule has 0 saturated heterocycles. The summed E-state index contributed by atoms with van der Waals surface area (Å²) < 4.78 is 0. The predicted octanol–water partition coefficient (Wildman–Crippen LogP) is 3.92. The van der Waals surface area contributed by atoms with Gasteiger partial charge in [-0.05, 0) is 25.5 Å². The van der Waals surface area contributed by atoms with Gasteiger partial charge in [-0.25, -0.2) is 0 Å². The molecular formula is C12H18N2O2S. The monoisotopic (exact) mass is 254 g/mol. The van der Waals surface area contributed by atoms with Crippen LogP contribution in [0.3, 0.4) is 0 Å². The third-order valence-corrected chi connectivity index (χ3v) is 3.77. The number of nitrogens with zero attached hydrogens (tertiary/aromatic N) is 1. The summed E-state index contributed by atoms with van der Waals surface area (Å²) in [4.78, 5) is 11.6. The molecule has 0 saturated carbocycles. The lowest BCUT2D eigenvalue weighted by atomic mass is 10.2. The van der Waals surface area contributed by atoms with Gasteiger partial charge in [-0.2, -0.15) is 0 Å². The Morgan fingerprint density at radius 1 is 1.47 bits per heavy atom. The van der Waals surface area contributed by atoms with E-state index in [0.29, 0.717) is 17.5 Å². The van der Waals surface area contributed by atoms with E-state index in [1.54, 1.807) is 17.8 Å². The Bertz CT molecular complexity index is 396. The van der Waals surface area contributed by atoms with Crippen molar-refractivity contribution >= 4 is 23.1 Å². The summed E-state index contributed by atoms with van der Waals surface area (Å²) in [6, 6.07) is 5.42. The van der Waals surface area contributed by atoms with E-state index in [1.165, 1.54) is 0 Å². The smallest absolute Gasteiger partial charge is 0.305 e. The van der Waals surface area contributed by atoms with Gasteiger partial charge in [0.15, 0.2) is 0 Å². The number of hydrogen-bond donors (Lipinski definition) is 1. The number of nitro benzene ring substituents is 1. The molecule has 0 aliphatic carbocycles. The van der Waals surface area contributed by atoms with Crippen LogP contribution < -0.4 is 5.32 Å². The number of benzene rings is 1. The van der Waals surface area contributed by atoms with Crippen LogP contribution in [0.1, 0.15) is 27.2 Å². The van der Waals surface area contributed by atoms with Crippen LogP contribution in [0.2, 0.25) is 0 Å². The Labute approximate surface area is 106 Å². The summed E-state index contributed by atoms with van der Waals surface area (Å²) in [6.45, 7) is 6.77. The van der Waals surface area contributed by atoms with Gasteiger partial charge in [-0.1, -0.05) is 19.9 Å². The molecule has 1 unspecified atom stereocenters. The molecule has 1 aromatic carbocycles. The van der Waals surface area contributed by atoms with Crippen molar-refractivity contribution in [1.82, 2.24) is 0 Å². The van der Waals surface area contributed by atoms with Crippen LogP contribution in [0.4, 0.5) is 11.4 Å². The van der Waals surface area contributed by atoms with E-state index in [2.05, 4.69) is 19.2 Å². The first kappa shape index (κ1) is 13.8. The number of hydrogen-bond acceptors (Lipinski definition) is 4. The summed E-state index contributed by atoms with van der Waals surface area (Å²) in [6.07, 6.45) is 0.993. The van der Waals surface area contributed by atoms with Gasteiger partial charge in [0.25, 0.3) is 0 Å². The number of thioether (sulfide) groups is 1. The number of para-hydroxylation sites is 1. The van der Waals surface area contributed by atoms with Crippen molar-refractivity contribution in [2.24, 2.45) is 0 Å². The highest BCUT2D eigenvalue weighted by Crippen LogP contribution is 2.37. The van der Waals surface area contributed by atoms with Crippen molar-refractivity contribution in [1.29, 1.82) is 0 Å². The predicted molar refractivity (Wildman–Crippen MR) is 72.9 cm³/mol. The van der Waals surface area contributed by atoms with Crippen LogP contribution in [-0.2, 0) is 0 Å². The normalized spacial score (nSPS) is 12.2. The highest BCUT2D eigenvalue weighted by molar-refractivity contribution is 8.00. The maximum absolute atomic E-state index is 11.1. The first-order valence-electron chi connectivity index (χ1n) is 5.78. The van der Waals surface area contributed by atoms with E-state index < -0.39 is 0 Å². The maximum Gasteiger partial charge on any atom is 0.305 e. The molecule has 0 aliphatic heterocycles. The zero-order valence-corrected chi connectivity index (χ0v) is 11.2. The minimum atomic E-state index is -0.303. The van der Waals surface area contributed by atoms with Crippen LogP contribution in [0.25, 0.3) is 0 Å². The van der Waals surface area contributed by atoms with Crippen LogP contribution in [0, 0.1) is 10.1 Å². The summed E-state index contributed by atoms with van der Waals surface area (Å²) >= 11 is 1.56. The maximum atomic E-state index is 11.1. The van der Waals surface area contributed by atoms with E-state index in [1.807, 2.05) is 19.1 Å². The van der Waals surface area contributed by atoms with Gasteiger partial charge in [-0.15, -0.1) is 11.8 Å². The molecule has 0 fully saturated rings. The molecule has 0 spiro atoms. The first-order chi connectivity index (χ1) is 8.10. The summed E-state index contributed by atoms with van der Waals surface area (Å²) in [7, 11) is 0. The number of nitro groups is 1. The third-order valence-electron chi connectivity index (χ3n) is 2.45. The van der Waals surface area contributed by atoms with Crippen molar-refractivity contribution in [2.75, 3.05) is 11.9 Å². The lowest BCUT2D eigenvalue weighted by Gasteiger charge is -2.11. The first-order valence-corrected chi connectivity index (χ1v) is 6.66. The van der Waals surface area contributed by atoms with E-state index in [-0.39, 0.29) is 10.6 Å². The van der Waals surface area contributed by atoms with Crippen molar-refractivity contribution in [3.05, 3.63) is 28.3 Å². The van der Waals surface area contributed by atoms with Gasteiger partial charge in [0, 0.05) is 11.8 Å². The fourth-order valence-corrected chi connectivity index (χ4v) is 2.49. The largest absolute Gasteiger partial charge is 0.380 e. The zero-order chi connectivity index (χ0) is 12.8. The quantitative estimate of drug-likeness (QED) is 0.475. The van der Waals surface area contributed by atoms with E-state index in [4.69, 9.17) is 0 Å². The minimum Gasteiger partial charge on any atom is -0.380 e. The van der Waals surface area contributed by atoms with E-state index in [9.17, 15) is 10.1 Å². The second-order valence-corrected chi connectivity index (χ2v) is 5.26. The average molecular weight is 254 g/mol. The molecule has 0 bridgehead atoms. The highest BCUT2D eigenvalue weighted by Gasteiger charge is 2.20. The van der Waals surface area contributed by atoms with Gasteiger partial charge in [0.05, 0.1) is 9.82 Å². The van der Waals surface area contributed by atoms with Crippen molar-refractivity contribution in [3.8, 4) is 0 Å². The van der Waals surface area contributed by atoms with Crippen LogP contribution in [0.15, 0.2) is 23.1 Å². The number of anilines is 1. The Hall–Kier alpha value is -1.23. The molecule has 94 valence electrons. The molecular weight excluding hydrogens is 236 g/mol. The Morgan fingerprint density at radius 2 is 2.18 bits per heavy atom. The second-order valence-electron chi connectivity index (χ2n) is 3.78. The number of nitrogens with one attached hydrogen (secondary N) is 1. The van der Waals surface area contributed by atoms with E-state index >= 15 is 0 Å². The van der Waals surface area contributed by atoms with Crippen LogP contribution in [-0.4, -0.2) is 16.7 Å². The molecule has 17 heavy (non-hydrogen) atoms. The number of rotatable bonds is 6. The van der Waals surface area contributed by atoms with E-state index in [0.717, 1.165) is 11.3 Å². The van der Waals surface area contributed by atoms with Crippen LogP contribution in [0.5, 0.6) is 0 Å². The van der Waals surface area contributed by atoms with Gasteiger partial charge >= 0.3 is 5.69 Å². The average Bonchev–Trinajstić information content (AvgIpc) is 2.29. The summed E-state index contributed by atoms with van der Waals surface area (Å²) in [5.41, 5.74) is 0.797. The lowest BCUT2D eigenvalue weighted by Crippen LogP contribution is -2.03. The molecule has 5 heteroatoms. The third kappa shape index (κ3) is 3.63. The zero-order valence-electron chi connectivity index (χ0n) is 10.4. The SMILES string of the molecule is CCNc1cccc(SC(C)CC)c1[N+](=O)[O-]. The molecule has 0 amide bonds. The molecule has 0 aliphatic rings. The fourth-order valence-electron chi connectivity index (χ4n) is 1.44.